The lowest BCUT2D eigenvalue weighted by Gasteiger charge is -2.30. The lowest BCUT2D eigenvalue weighted by molar-refractivity contribution is -0.918. The largest absolute Gasteiger partial charge is 0.435 e. The van der Waals surface area contributed by atoms with Crippen LogP contribution in [0.25, 0.3) is 11.3 Å². The molecule has 142 valence electrons. The number of hydrogen-bond acceptors (Lipinski definition) is 5. The van der Waals surface area contributed by atoms with Crippen LogP contribution in [0.3, 0.4) is 0 Å². The van der Waals surface area contributed by atoms with Gasteiger partial charge in [0, 0.05) is 5.56 Å². The van der Waals surface area contributed by atoms with Gasteiger partial charge in [-0.25, -0.2) is 17.8 Å². The highest BCUT2D eigenvalue weighted by Crippen LogP contribution is 2.21. The zero-order chi connectivity index (χ0) is 18.9. The van der Waals surface area contributed by atoms with E-state index in [0.717, 1.165) is 5.56 Å². The van der Waals surface area contributed by atoms with Crippen molar-refractivity contribution in [1.29, 1.82) is 0 Å². The van der Waals surface area contributed by atoms with Crippen LogP contribution in [0.15, 0.2) is 56.6 Å². The Morgan fingerprint density at radius 1 is 1.19 bits per heavy atom. The molecule has 0 aliphatic carbocycles. The lowest BCUT2D eigenvalue weighted by Crippen LogP contribution is -3.13. The van der Waals surface area contributed by atoms with Crippen LogP contribution in [0.5, 0.6) is 0 Å². The van der Waals surface area contributed by atoms with Gasteiger partial charge < -0.3 is 9.32 Å². The van der Waals surface area contributed by atoms with Gasteiger partial charge in [-0.15, -0.1) is 11.3 Å². The number of halogens is 1. The summed E-state index contributed by atoms with van der Waals surface area (Å²) in [6.45, 7) is 2.92. The van der Waals surface area contributed by atoms with Crippen molar-refractivity contribution in [1.82, 2.24) is 9.29 Å². The number of oxazole rings is 1. The molecule has 0 bridgehead atoms. The van der Waals surface area contributed by atoms with Gasteiger partial charge >= 0.3 is 0 Å². The second-order valence-electron chi connectivity index (χ2n) is 6.39. The van der Waals surface area contributed by atoms with E-state index in [1.54, 1.807) is 40.1 Å². The number of quaternary nitrogens is 1. The van der Waals surface area contributed by atoms with Crippen LogP contribution in [0.2, 0.25) is 0 Å². The lowest BCUT2D eigenvalue weighted by atomic mass is 10.2. The van der Waals surface area contributed by atoms with Gasteiger partial charge in [0.25, 0.3) is 15.9 Å². The third-order valence-corrected chi connectivity index (χ3v) is 7.87. The molecule has 0 atom stereocenters. The first-order valence-corrected chi connectivity index (χ1v) is 10.9. The molecule has 2 aromatic heterocycles. The first kappa shape index (κ1) is 18.3. The molecule has 4 rings (SSSR count). The van der Waals surface area contributed by atoms with E-state index in [0.29, 0.717) is 48.6 Å². The number of piperazine rings is 1. The molecule has 1 aromatic carbocycles. The predicted molar refractivity (Wildman–Crippen MR) is 99.4 cm³/mol. The van der Waals surface area contributed by atoms with Gasteiger partial charge in [0.2, 0.25) is 0 Å². The number of benzene rings is 1. The second kappa shape index (κ2) is 7.51. The molecular formula is C18H19FN3O3S2+. The van der Waals surface area contributed by atoms with E-state index >= 15 is 0 Å². The van der Waals surface area contributed by atoms with E-state index in [-0.39, 0.29) is 5.82 Å². The molecule has 0 unspecified atom stereocenters. The quantitative estimate of drug-likeness (QED) is 0.697. The number of hydrogen-bond donors (Lipinski definition) is 1. The topological polar surface area (TPSA) is 67.8 Å². The number of sulfonamides is 1. The van der Waals surface area contributed by atoms with Gasteiger partial charge in [-0.05, 0) is 35.7 Å². The first-order chi connectivity index (χ1) is 13.0. The van der Waals surface area contributed by atoms with E-state index in [9.17, 15) is 12.8 Å². The Morgan fingerprint density at radius 2 is 1.93 bits per heavy atom. The van der Waals surface area contributed by atoms with E-state index in [1.165, 1.54) is 28.4 Å². The van der Waals surface area contributed by atoms with Crippen LogP contribution in [-0.4, -0.2) is 43.9 Å². The van der Waals surface area contributed by atoms with Gasteiger partial charge in [-0.2, -0.15) is 4.31 Å². The van der Waals surface area contributed by atoms with Crippen molar-refractivity contribution in [2.75, 3.05) is 26.2 Å². The summed E-state index contributed by atoms with van der Waals surface area (Å²) in [5, 5.41) is 1.77. The maximum absolute atomic E-state index is 13.0. The Labute approximate surface area is 160 Å². The standard InChI is InChI=1S/C18H18FN3O3S2/c19-15-5-3-14(4-6-15)16-12-20-17(25-16)13-21-7-9-22(10-8-21)27(23,24)18-2-1-11-26-18/h1-6,11-12H,7-10,13H2/p+1. The van der Waals surface area contributed by atoms with E-state index in [1.807, 2.05) is 0 Å². The molecule has 1 N–H and O–H groups in total. The highest BCUT2D eigenvalue weighted by molar-refractivity contribution is 7.91. The Balaban J connectivity index is 1.37. The molecule has 3 aromatic rings. The van der Waals surface area contributed by atoms with Gasteiger partial charge in [0.15, 0.2) is 12.3 Å². The third kappa shape index (κ3) is 3.96. The molecule has 0 saturated carbocycles. The number of thiophene rings is 1. The maximum atomic E-state index is 13.0. The zero-order valence-electron chi connectivity index (χ0n) is 14.5. The van der Waals surface area contributed by atoms with Crippen LogP contribution in [0.1, 0.15) is 5.89 Å². The van der Waals surface area contributed by atoms with E-state index < -0.39 is 10.0 Å². The van der Waals surface area contributed by atoms with Crippen LogP contribution in [-0.2, 0) is 16.6 Å². The summed E-state index contributed by atoms with van der Waals surface area (Å²) in [6, 6.07) is 9.47. The molecular weight excluding hydrogens is 389 g/mol. The fourth-order valence-corrected chi connectivity index (χ4v) is 5.70. The minimum Gasteiger partial charge on any atom is -0.435 e. The van der Waals surface area contributed by atoms with Crippen molar-refractivity contribution >= 4 is 21.4 Å². The molecule has 3 heterocycles. The van der Waals surface area contributed by atoms with Crippen molar-refractivity contribution in [3.63, 3.8) is 0 Å². The van der Waals surface area contributed by atoms with Gasteiger partial charge in [0.1, 0.15) is 10.0 Å². The zero-order valence-corrected chi connectivity index (χ0v) is 16.1. The van der Waals surface area contributed by atoms with Crippen LogP contribution in [0.4, 0.5) is 4.39 Å². The summed E-state index contributed by atoms with van der Waals surface area (Å²) in [6.07, 6.45) is 1.64. The average Bonchev–Trinajstić information content (AvgIpc) is 3.35. The molecule has 9 heteroatoms. The minimum absolute atomic E-state index is 0.293. The van der Waals surface area contributed by atoms with E-state index in [4.69, 9.17) is 4.42 Å². The number of rotatable bonds is 5. The van der Waals surface area contributed by atoms with Crippen molar-refractivity contribution in [3.8, 4) is 11.3 Å². The van der Waals surface area contributed by atoms with Crippen LogP contribution >= 0.6 is 11.3 Å². The fourth-order valence-electron chi connectivity index (χ4n) is 3.11. The predicted octanol–water partition coefficient (Wildman–Crippen LogP) is 1.63. The minimum atomic E-state index is -3.38. The van der Waals surface area contributed by atoms with E-state index in [2.05, 4.69) is 4.98 Å². The summed E-state index contributed by atoms with van der Waals surface area (Å²) in [7, 11) is -3.38. The maximum Gasteiger partial charge on any atom is 0.252 e. The van der Waals surface area contributed by atoms with Crippen molar-refractivity contribution in [2.24, 2.45) is 0 Å². The van der Waals surface area contributed by atoms with Crippen LogP contribution < -0.4 is 4.90 Å². The van der Waals surface area contributed by atoms with Crippen molar-refractivity contribution in [3.05, 3.63) is 59.7 Å². The summed E-state index contributed by atoms with van der Waals surface area (Å²) < 4.78 is 45.9. The normalized spacial score (nSPS) is 16.6. The Hall–Kier alpha value is -2.07. The monoisotopic (exact) mass is 408 g/mol. The van der Waals surface area contributed by atoms with Crippen LogP contribution in [0, 0.1) is 5.82 Å². The molecule has 0 spiro atoms. The Kier molecular flexibility index (Phi) is 5.09. The Morgan fingerprint density at radius 3 is 2.59 bits per heavy atom. The van der Waals surface area contributed by atoms with Crippen molar-refractivity contribution < 1.29 is 22.1 Å². The highest BCUT2D eigenvalue weighted by atomic mass is 32.2. The van der Waals surface area contributed by atoms with Gasteiger partial charge in [0.05, 0.1) is 32.4 Å². The summed E-state index contributed by atoms with van der Waals surface area (Å²) in [4.78, 5) is 5.53. The summed E-state index contributed by atoms with van der Waals surface area (Å²) >= 11 is 1.24. The SMILES string of the molecule is O=S(=O)(c1cccs1)N1CC[NH+](Cc2ncc(-c3ccc(F)cc3)o2)CC1. The fraction of sp³-hybridized carbons (Fsp3) is 0.278. The Bertz CT molecular complexity index is 993. The molecule has 1 aliphatic heterocycles. The molecule has 0 amide bonds. The highest BCUT2D eigenvalue weighted by Gasteiger charge is 2.31. The molecule has 6 nitrogen and oxygen atoms in total. The van der Waals surface area contributed by atoms with Gasteiger partial charge in [-0.3, -0.25) is 0 Å². The number of nitrogens with one attached hydrogen (secondary N) is 1. The number of nitrogens with zero attached hydrogens (tertiary/aromatic N) is 2. The molecule has 1 aliphatic rings. The smallest absolute Gasteiger partial charge is 0.252 e. The third-order valence-electron chi connectivity index (χ3n) is 4.60. The number of aromatic nitrogens is 1. The molecule has 1 saturated heterocycles. The average molecular weight is 409 g/mol. The first-order valence-electron chi connectivity index (χ1n) is 8.60. The second-order valence-corrected chi connectivity index (χ2v) is 9.50. The van der Waals surface area contributed by atoms with Crippen molar-refractivity contribution in [2.45, 2.75) is 10.8 Å². The summed E-state index contributed by atoms with van der Waals surface area (Å²) in [5.74, 6) is 0.903. The molecule has 27 heavy (non-hydrogen) atoms. The molecule has 0 radical (unpaired) electrons. The van der Waals surface area contributed by atoms with Gasteiger partial charge in [-0.1, -0.05) is 6.07 Å². The molecule has 1 fully saturated rings. The summed E-state index contributed by atoms with van der Waals surface area (Å²) in [5.41, 5.74) is 0.775.